The second kappa shape index (κ2) is 7.30. The Morgan fingerprint density at radius 2 is 1.87 bits per heavy atom. The zero-order chi connectivity index (χ0) is 20.7. The van der Waals surface area contributed by atoms with Gasteiger partial charge in [-0.1, -0.05) is 42.5 Å². The van der Waals surface area contributed by atoms with Gasteiger partial charge in [0.2, 0.25) is 0 Å². The number of rotatable bonds is 3. The minimum absolute atomic E-state index is 0.147. The third kappa shape index (κ3) is 3.01. The molecule has 2 N–H and O–H groups in total. The topological polar surface area (TPSA) is 76.0 Å². The van der Waals surface area contributed by atoms with Crippen molar-refractivity contribution in [2.45, 2.75) is 32.2 Å². The number of carbonyl (C=O) groups excluding carboxylic acids is 2. The predicted octanol–water partition coefficient (Wildman–Crippen LogP) is 4.47. The van der Waals surface area contributed by atoms with E-state index in [0.717, 1.165) is 40.9 Å². The third-order valence-corrected chi connectivity index (χ3v) is 5.80. The Morgan fingerprint density at radius 1 is 1.10 bits per heavy atom. The summed E-state index contributed by atoms with van der Waals surface area (Å²) >= 11 is 0. The molecule has 1 aliphatic carbocycles. The Morgan fingerprint density at radius 3 is 2.67 bits per heavy atom. The summed E-state index contributed by atoms with van der Waals surface area (Å²) in [5, 5.41) is 10.8. The van der Waals surface area contributed by atoms with Crippen molar-refractivity contribution < 1.29 is 9.59 Å². The van der Waals surface area contributed by atoms with Gasteiger partial charge < -0.3 is 10.6 Å². The van der Waals surface area contributed by atoms with Crippen LogP contribution in [-0.4, -0.2) is 21.5 Å². The molecule has 1 aliphatic heterocycles. The van der Waals surface area contributed by atoms with E-state index in [0.29, 0.717) is 17.8 Å². The summed E-state index contributed by atoms with van der Waals surface area (Å²) in [7, 11) is 0. The molecule has 6 heteroatoms. The van der Waals surface area contributed by atoms with E-state index in [1.54, 1.807) is 10.9 Å². The summed E-state index contributed by atoms with van der Waals surface area (Å²) in [6.07, 6.45) is 3.72. The second-order valence-electron chi connectivity index (χ2n) is 7.72. The maximum atomic E-state index is 13.0. The van der Waals surface area contributed by atoms with Crippen LogP contribution < -0.4 is 10.6 Å². The number of fused-ring (bicyclic) bond motifs is 1. The molecular weight excluding hydrogens is 376 g/mol. The van der Waals surface area contributed by atoms with Crippen molar-refractivity contribution in [1.82, 2.24) is 9.78 Å². The molecule has 0 saturated carbocycles. The van der Waals surface area contributed by atoms with Gasteiger partial charge in [-0.05, 0) is 43.0 Å². The van der Waals surface area contributed by atoms with E-state index in [9.17, 15) is 9.59 Å². The minimum atomic E-state index is -0.330. The summed E-state index contributed by atoms with van der Waals surface area (Å²) in [6, 6.07) is 17.0. The van der Waals surface area contributed by atoms with Crippen molar-refractivity contribution in [2.24, 2.45) is 0 Å². The second-order valence-corrected chi connectivity index (χ2v) is 7.72. The van der Waals surface area contributed by atoms with Gasteiger partial charge in [-0.25, -0.2) is 4.68 Å². The number of ketones is 1. The summed E-state index contributed by atoms with van der Waals surface area (Å²) < 4.78 is 1.78. The largest absolute Gasteiger partial charge is 0.343 e. The average Bonchev–Trinajstić information content (AvgIpc) is 3.17. The third-order valence-electron chi connectivity index (χ3n) is 5.80. The van der Waals surface area contributed by atoms with Gasteiger partial charge in [-0.15, -0.1) is 0 Å². The Balaban J connectivity index is 1.61. The number of para-hydroxylation sites is 1. The first-order chi connectivity index (χ1) is 14.6. The van der Waals surface area contributed by atoms with Crippen LogP contribution in [0.5, 0.6) is 0 Å². The molecule has 5 rings (SSSR count). The first-order valence-electron chi connectivity index (χ1n) is 10.2. The molecule has 0 fully saturated rings. The smallest absolute Gasteiger partial charge is 0.261 e. The Labute approximate surface area is 174 Å². The summed E-state index contributed by atoms with van der Waals surface area (Å²) in [4.78, 5) is 25.9. The molecule has 2 aromatic carbocycles. The Bertz CT molecular complexity index is 1180. The quantitative estimate of drug-likeness (QED) is 0.683. The van der Waals surface area contributed by atoms with Crippen molar-refractivity contribution in [3.8, 4) is 0 Å². The fraction of sp³-hybridized carbons (Fsp3) is 0.208. The zero-order valence-corrected chi connectivity index (χ0v) is 16.7. The highest BCUT2D eigenvalue weighted by Crippen LogP contribution is 2.42. The van der Waals surface area contributed by atoms with Gasteiger partial charge in [0.05, 0.1) is 6.20 Å². The van der Waals surface area contributed by atoms with E-state index in [1.807, 2.05) is 61.5 Å². The van der Waals surface area contributed by atoms with Crippen LogP contribution in [0.25, 0.3) is 0 Å². The van der Waals surface area contributed by atoms with Gasteiger partial charge in [0.15, 0.2) is 5.78 Å². The number of amides is 1. The molecule has 1 atom stereocenters. The van der Waals surface area contributed by atoms with Crippen LogP contribution in [0.2, 0.25) is 0 Å². The molecule has 2 heterocycles. The molecule has 0 spiro atoms. The van der Waals surface area contributed by atoms with E-state index in [-0.39, 0.29) is 17.7 Å². The van der Waals surface area contributed by atoms with Crippen LogP contribution in [0, 0.1) is 6.92 Å². The van der Waals surface area contributed by atoms with Crippen molar-refractivity contribution in [1.29, 1.82) is 0 Å². The van der Waals surface area contributed by atoms with Gasteiger partial charge >= 0.3 is 0 Å². The molecule has 30 heavy (non-hydrogen) atoms. The number of allylic oxidation sites excluding steroid dienone is 2. The van der Waals surface area contributed by atoms with Crippen LogP contribution in [-0.2, 0) is 4.79 Å². The first-order valence-corrected chi connectivity index (χ1v) is 10.2. The number of nitrogens with one attached hydrogen (secondary N) is 2. The number of aromatic nitrogens is 2. The predicted molar refractivity (Wildman–Crippen MR) is 115 cm³/mol. The highest BCUT2D eigenvalue weighted by Gasteiger charge is 2.38. The van der Waals surface area contributed by atoms with Crippen molar-refractivity contribution in [3.05, 3.63) is 88.8 Å². The van der Waals surface area contributed by atoms with E-state index >= 15 is 0 Å². The maximum Gasteiger partial charge on any atom is 0.261 e. The monoisotopic (exact) mass is 398 g/mol. The van der Waals surface area contributed by atoms with Crippen LogP contribution in [0.3, 0.4) is 0 Å². The van der Waals surface area contributed by atoms with Gasteiger partial charge in [0, 0.05) is 23.4 Å². The van der Waals surface area contributed by atoms with Gasteiger partial charge in [0.25, 0.3) is 5.91 Å². The fourth-order valence-electron chi connectivity index (χ4n) is 4.33. The molecule has 1 aromatic heterocycles. The summed E-state index contributed by atoms with van der Waals surface area (Å²) in [5.41, 5.74) is 4.97. The molecule has 1 unspecified atom stereocenters. The first kappa shape index (κ1) is 18.4. The molecule has 150 valence electrons. The van der Waals surface area contributed by atoms with Gasteiger partial charge in [0.1, 0.15) is 17.4 Å². The van der Waals surface area contributed by atoms with E-state index in [2.05, 4.69) is 15.7 Å². The Kier molecular flexibility index (Phi) is 4.47. The lowest BCUT2D eigenvalue weighted by atomic mass is 9.84. The normalized spacial score (nSPS) is 17.8. The Hall–Kier alpha value is -3.67. The highest BCUT2D eigenvalue weighted by molar-refractivity contribution is 6.08. The van der Waals surface area contributed by atoms with Crippen LogP contribution >= 0.6 is 0 Å². The maximum absolute atomic E-state index is 13.0. The number of benzene rings is 2. The van der Waals surface area contributed by atoms with E-state index < -0.39 is 0 Å². The lowest BCUT2D eigenvalue weighted by molar-refractivity contribution is -0.116. The number of carbonyl (C=O) groups is 2. The van der Waals surface area contributed by atoms with Crippen LogP contribution in [0.1, 0.15) is 46.8 Å². The number of nitrogens with zero attached hydrogens (tertiary/aromatic N) is 2. The SMILES string of the molecule is Cc1ccccc1C1C2=C(CCCC2=O)Nc2c(C(=O)Nc3ccccc3)cnn21. The standard InChI is InChI=1S/C24H22N4O2/c1-15-8-5-6-11-17(15)22-21-19(12-7-13-20(21)29)27-23-18(14-25-28(22)23)24(30)26-16-9-3-2-4-10-16/h2-6,8-11,14,22,27H,7,12-13H2,1H3,(H,26,30). The molecule has 1 amide bonds. The zero-order valence-electron chi connectivity index (χ0n) is 16.7. The molecule has 0 bridgehead atoms. The lowest BCUT2D eigenvalue weighted by Crippen LogP contribution is -2.32. The van der Waals surface area contributed by atoms with Crippen LogP contribution in [0.4, 0.5) is 11.5 Å². The molecule has 6 nitrogen and oxygen atoms in total. The lowest BCUT2D eigenvalue weighted by Gasteiger charge is -2.34. The number of Topliss-reactive ketones (excluding diaryl/α,β-unsaturated/α-hetero) is 1. The van der Waals surface area contributed by atoms with Gasteiger partial charge in [-0.2, -0.15) is 5.10 Å². The number of aryl methyl sites for hydroxylation is 1. The molecular formula is C24H22N4O2. The summed E-state index contributed by atoms with van der Waals surface area (Å²) in [6.45, 7) is 2.04. The van der Waals surface area contributed by atoms with Crippen molar-refractivity contribution in [3.63, 3.8) is 0 Å². The number of hydrogen-bond acceptors (Lipinski definition) is 4. The molecule has 0 radical (unpaired) electrons. The molecule has 0 saturated heterocycles. The average molecular weight is 398 g/mol. The van der Waals surface area contributed by atoms with E-state index in [1.165, 1.54) is 0 Å². The fourth-order valence-corrected chi connectivity index (χ4v) is 4.33. The van der Waals surface area contributed by atoms with E-state index in [4.69, 9.17) is 0 Å². The molecule has 3 aromatic rings. The molecule has 2 aliphatic rings. The van der Waals surface area contributed by atoms with Crippen molar-refractivity contribution >= 4 is 23.2 Å². The van der Waals surface area contributed by atoms with Crippen LogP contribution in [0.15, 0.2) is 72.1 Å². The number of hydrogen-bond donors (Lipinski definition) is 2. The number of anilines is 2. The van der Waals surface area contributed by atoms with Crippen molar-refractivity contribution in [2.75, 3.05) is 10.6 Å². The minimum Gasteiger partial charge on any atom is -0.343 e. The highest BCUT2D eigenvalue weighted by atomic mass is 16.1. The van der Waals surface area contributed by atoms with Gasteiger partial charge in [-0.3, -0.25) is 9.59 Å². The summed E-state index contributed by atoms with van der Waals surface area (Å²) in [5.74, 6) is 0.545.